The predicted octanol–water partition coefficient (Wildman–Crippen LogP) is 8.72. The van der Waals surface area contributed by atoms with Gasteiger partial charge in [-0.15, -0.1) is 0 Å². The van der Waals surface area contributed by atoms with Crippen molar-refractivity contribution in [2.75, 3.05) is 0 Å². The Labute approximate surface area is 232 Å². The molecule has 2 unspecified atom stereocenters. The molecule has 0 fully saturated rings. The van der Waals surface area contributed by atoms with Gasteiger partial charge in [-0.05, 0) is 64.0 Å². The monoisotopic (exact) mass is 561 g/mol. The second-order valence-electron chi connectivity index (χ2n) is 12.6. The number of aryl methyl sites for hydroxylation is 2. The molecule has 0 spiro atoms. The van der Waals surface area contributed by atoms with Crippen LogP contribution >= 0.6 is 11.6 Å². The molecule has 3 aromatic rings. The minimum Gasteiger partial charge on any atom is -0.487 e. The molecule has 1 aromatic carbocycles. The Hall–Kier alpha value is -2.29. The summed E-state index contributed by atoms with van der Waals surface area (Å²) in [7, 11) is -2.04. The second-order valence-corrected chi connectivity index (χ2v) is 17.8. The molecule has 0 aliphatic heterocycles. The molecule has 0 saturated heterocycles. The number of hydrogen-bond donors (Lipinski definition) is 0. The van der Waals surface area contributed by atoms with E-state index in [2.05, 4.69) is 71.7 Å². The summed E-state index contributed by atoms with van der Waals surface area (Å²) < 4.78 is 33.7. The first kappa shape index (κ1) is 30.3. The van der Waals surface area contributed by atoms with Gasteiger partial charge in [-0.1, -0.05) is 58.3 Å². The van der Waals surface area contributed by atoms with E-state index in [1.54, 1.807) is 19.1 Å². The van der Waals surface area contributed by atoms with E-state index in [-0.39, 0.29) is 39.2 Å². The smallest absolute Gasteiger partial charge is 0.192 e. The van der Waals surface area contributed by atoms with Crippen molar-refractivity contribution < 1.29 is 18.1 Å². The zero-order chi connectivity index (χ0) is 28.8. The standard InChI is InChI=1S/C29H41ClFN3O3Si/c1-16-24(23-17(2)34-36-18(23)3)32-27(33-26(16)30)21-15-20(13-14-22(21)31)35-25(28(5,6)7)19(4)37-38(11,12)29(8,9)10/h13-15,19,25H,1-12H3. The summed E-state index contributed by atoms with van der Waals surface area (Å²) in [6, 6.07) is 4.63. The lowest BCUT2D eigenvalue weighted by Gasteiger charge is -2.43. The molecule has 2 heterocycles. The van der Waals surface area contributed by atoms with Crippen LogP contribution in [0.5, 0.6) is 5.75 Å². The molecule has 2 atom stereocenters. The molecule has 6 nitrogen and oxygen atoms in total. The Balaban J connectivity index is 2.03. The lowest BCUT2D eigenvalue weighted by molar-refractivity contribution is -0.0110. The van der Waals surface area contributed by atoms with Crippen molar-refractivity contribution in [3.05, 3.63) is 46.2 Å². The van der Waals surface area contributed by atoms with Crippen molar-refractivity contribution in [3.63, 3.8) is 0 Å². The number of ether oxygens (including phenoxy) is 1. The first-order valence-electron chi connectivity index (χ1n) is 12.9. The Morgan fingerprint density at radius 2 is 1.66 bits per heavy atom. The largest absolute Gasteiger partial charge is 0.487 e. The molecular formula is C29H41ClFN3O3Si. The first-order valence-corrected chi connectivity index (χ1v) is 16.2. The highest BCUT2D eigenvalue weighted by molar-refractivity contribution is 6.74. The van der Waals surface area contributed by atoms with Gasteiger partial charge in [0.25, 0.3) is 0 Å². The average molecular weight is 562 g/mol. The third kappa shape index (κ3) is 6.29. The van der Waals surface area contributed by atoms with Crippen molar-refractivity contribution in [2.45, 2.75) is 99.6 Å². The van der Waals surface area contributed by atoms with Gasteiger partial charge in [0, 0.05) is 11.0 Å². The van der Waals surface area contributed by atoms with Crippen LogP contribution in [-0.4, -0.2) is 35.6 Å². The summed E-state index contributed by atoms with van der Waals surface area (Å²) in [6.45, 7) is 25.0. The van der Waals surface area contributed by atoms with Crippen LogP contribution in [0.15, 0.2) is 22.7 Å². The molecule has 0 N–H and O–H groups in total. The topological polar surface area (TPSA) is 70.3 Å². The number of nitrogens with zero attached hydrogens (tertiary/aromatic N) is 3. The van der Waals surface area contributed by atoms with E-state index in [4.69, 9.17) is 30.3 Å². The lowest BCUT2D eigenvalue weighted by Crippen LogP contribution is -2.50. The van der Waals surface area contributed by atoms with Gasteiger partial charge >= 0.3 is 0 Å². The van der Waals surface area contributed by atoms with Crippen molar-refractivity contribution >= 4 is 19.9 Å². The van der Waals surface area contributed by atoms with Crippen molar-refractivity contribution in [1.82, 2.24) is 15.1 Å². The zero-order valence-corrected chi connectivity index (χ0v) is 26.5. The van der Waals surface area contributed by atoms with Gasteiger partial charge in [0.15, 0.2) is 14.1 Å². The Bertz CT molecular complexity index is 1290. The first-order chi connectivity index (χ1) is 17.3. The molecule has 0 aliphatic carbocycles. The van der Waals surface area contributed by atoms with Crippen LogP contribution in [0, 0.1) is 32.0 Å². The quantitative estimate of drug-likeness (QED) is 0.212. The lowest BCUT2D eigenvalue weighted by atomic mass is 9.86. The maximum Gasteiger partial charge on any atom is 0.192 e. The van der Waals surface area contributed by atoms with Crippen molar-refractivity contribution in [1.29, 1.82) is 0 Å². The molecule has 0 saturated carbocycles. The number of aromatic nitrogens is 3. The highest BCUT2D eigenvalue weighted by Gasteiger charge is 2.42. The van der Waals surface area contributed by atoms with Crippen LogP contribution in [0.2, 0.25) is 23.3 Å². The average Bonchev–Trinajstić information content (AvgIpc) is 3.10. The van der Waals surface area contributed by atoms with Crippen molar-refractivity contribution in [2.24, 2.45) is 5.41 Å². The number of hydrogen-bond acceptors (Lipinski definition) is 6. The number of rotatable bonds is 7. The van der Waals surface area contributed by atoms with Crippen LogP contribution in [0.4, 0.5) is 4.39 Å². The van der Waals surface area contributed by atoms with Crippen LogP contribution < -0.4 is 4.74 Å². The fourth-order valence-corrected chi connectivity index (χ4v) is 5.83. The van der Waals surface area contributed by atoms with Crippen LogP contribution in [0.3, 0.4) is 0 Å². The van der Waals surface area contributed by atoms with E-state index in [1.165, 1.54) is 6.07 Å². The fraction of sp³-hybridized carbons (Fsp3) is 0.552. The summed E-state index contributed by atoms with van der Waals surface area (Å²) in [5, 5.41) is 4.33. The molecule has 0 aliphatic rings. The summed E-state index contributed by atoms with van der Waals surface area (Å²) >= 11 is 6.50. The maximum absolute atomic E-state index is 15.2. The van der Waals surface area contributed by atoms with E-state index < -0.39 is 14.1 Å². The molecule has 0 amide bonds. The normalized spacial score (nSPS) is 14.5. The molecular weight excluding hydrogens is 521 g/mol. The van der Waals surface area contributed by atoms with Gasteiger partial charge < -0.3 is 13.7 Å². The number of benzene rings is 1. The Morgan fingerprint density at radius 1 is 1.03 bits per heavy atom. The van der Waals surface area contributed by atoms with Crippen LogP contribution in [0.25, 0.3) is 22.6 Å². The van der Waals surface area contributed by atoms with Gasteiger partial charge in [-0.25, -0.2) is 14.4 Å². The predicted molar refractivity (Wildman–Crippen MR) is 154 cm³/mol. The summed E-state index contributed by atoms with van der Waals surface area (Å²) in [5.41, 5.74) is 2.59. The highest BCUT2D eigenvalue weighted by Crippen LogP contribution is 2.40. The van der Waals surface area contributed by atoms with Crippen molar-refractivity contribution in [3.8, 4) is 28.4 Å². The van der Waals surface area contributed by atoms with Crippen LogP contribution in [0.1, 0.15) is 65.5 Å². The second kappa shape index (κ2) is 10.7. The summed E-state index contributed by atoms with van der Waals surface area (Å²) in [4.78, 5) is 9.10. The Kier molecular flexibility index (Phi) is 8.52. The summed E-state index contributed by atoms with van der Waals surface area (Å²) in [5.74, 6) is 0.801. The van der Waals surface area contributed by atoms with E-state index >= 15 is 4.39 Å². The molecule has 2 aromatic heterocycles. The van der Waals surface area contributed by atoms with E-state index in [0.29, 0.717) is 28.5 Å². The molecule has 208 valence electrons. The van der Waals surface area contributed by atoms with Gasteiger partial charge in [0.1, 0.15) is 28.6 Å². The highest BCUT2D eigenvalue weighted by atomic mass is 35.5. The van der Waals surface area contributed by atoms with Gasteiger partial charge in [0.05, 0.1) is 28.6 Å². The zero-order valence-electron chi connectivity index (χ0n) is 24.7. The fourth-order valence-electron chi connectivity index (χ4n) is 4.25. The SMILES string of the molecule is Cc1noc(C)c1-c1nc(-c2cc(OC(C(C)O[Si](C)(C)C(C)(C)C)C(C)(C)C)ccc2F)nc(Cl)c1C. The van der Waals surface area contributed by atoms with Gasteiger partial charge in [-0.3, -0.25) is 0 Å². The van der Waals surface area contributed by atoms with Crippen LogP contribution in [-0.2, 0) is 4.43 Å². The summed E-state index contributed by atoms with van der Waals surface area (Å²) in [6.07, 6.45) is -0.462. The molecule has 0 bridgehead atoms. The van der Waals surface area contributed by atoms with Gasteiger partial charge in [-0.2, -0.15) is 0 Å². The third-order valence-electron chi connectivity index (χ3n) is 7.36. The van der Waals surface area contributed by atoms with E-state index in [1.807, 2.05) is 13.8 Å². The minimum atomic E-state index is -2.04. The van der Waals surface area contributed by atoms with E-state index in [0.717, 1.165) is 5.56 Å². The minimum absolute atomic E-state index is 0.0632. The molecule has 38 heavy (non-hydrogen) atoms. The molecule has 3 rings (SSSR count). The van der Waals surface area contributed by atoms with E-state index in [9.17, 15) is 0 Å². The maximum atomic E-state index is 15.2. The third-order valence-corrected chi connectivity index (χ3v) is 12.3. The Morgan fingerprint density at radius 3 is 2.18 bits per heavy atom. The van der Waals surface area contributed by atoms with Gasteiger partial charge in [0.2, 0.25) is 0 Å². The molecule has 9 heteroatoms. The molecule has 0 radical (unpaired) electrons. The number of halogens is 2.